The van der Waals surface area contributed by atoms with E-state index in [-0.39, 0.29) is 5.97 Å². The summed E-state index contributed by atoms with van der Waals surface area (Å²) in [6, 6.07) is 0. The number of methoxy groups -OCH3 is 1. The van der Waals surface area contributed by atoms with Gasteiger partial charge in [-0.1, -0.05) is 13.3 Å². The molecule has 1 aromatic heterocycles. The number of aromatic nitrogens is 2. The van der Waals surface area contributed by atoms with Crippen LogP contribution in [-0.2, 0) is 18.2 Å². The summed E-state index contributed by atoms with van der Waals surface area (Å²) in [5.74, 6) is -0.316. The summed E-state index contributed by atoms with van der Waals surface area (Å²) in [5, 5.41) is 0. The summed E-state index contributed by atoms with van der Waals surface area (Å²) in [7, 11) is 3.17. The van der Waals surface area contributed by atoms with E-state index in [1.165, 1.54) is 7.11 Å². The third-order valence-electron chi connectivity index (χ3n) is 1.88. The van der Waals surface area contributed by atoms with Crippen LogP contribution < -0.4 is 0 Å². The van der Waals surface area contributed by atoms with Crippen molar-refractivity contribution in [2.24, 2.45) is 7.05 Å². The smallest absolute Gasteiger partial charge is 0.356 e. The van der Waals surface area contributed by atoms with E-state index in [0.717, 1.165) is 18.5 Å². The highest BCUT2D eigenvalue weighted by Gasteiger charge is 2.16. The van der Waals surface area contributed by atoms with Crippen LogP contribution >= 0.6 is 0 Å². The molecule has 0 N–H and O–H groups in total. The molecule has 1 aromatic rings. The van der Waals surface area contributed by atoms with Gasteiger partial charge in [0.1, 0.15) is 5.69 Å². The average Bonchev–Trinajstić information content (AvgIpc) is 2.47. The van der Waals surface area contributed by atoms with Crippen molar-refractivity contribution in [3.05, 3.63) is 17.7 Å². The van der Waals surface area contributed by atoms with Gasteiger partial charge in [-0.15, -0.1) is 0 Å². The van der Waals surface area contributed by atoms with Crippen LogP contribution in [-0.4, -0.2) is 22.6 Å². The first kappa shape index (κ1) is 9.77. The van der Waals surface area contributed by atoms with Crippen LogP contribution in [0, 0.1) is 0 Å². The molecule has 0 aliphatic heterocycles. The number of aryl methyl sites for hydroxylation is 2. The molecule has 0 saturated carbocycles. The molecule has 0 bridgehead atoms. The maximum Gasteiger partial charge on any atom is 0.356 e. The predicted molar refractivity (Wildman–Crippen MR) is 48.5 cm³/mol. The number of hydrogen-bond donors (Lipinski definition) is 0. The Morgan fingerprint density at radius 3 is 2.92 bits per heavy atom. The first-order chi connectivity index (χ1) is 6.20. The summed E-state index contributed by atoms with van der Waals surface area (Å²) in [6.07, 6.45) is 3.42. The van der Waals surface area contributed by atoms with Crippen molar-refractivity contribution < 1.29 is 9.53 Å². The molecular formula is C9H14N2O2. The maximum absolute atomic E-state index is 11.3. The van der Waals surface area contributed by atoms with E-state index in [2.05, 4.69) is 16.6 Å². The van der Waals surface area contributed by atoms with Gasteiger partial charge in [0.2, 0.25) is 0 Å². The van der Waals surface area contributed by atoms with Crippen molar-refractivity contribution in [3.8, 4) is 0 Å². The highest BCUT2D eigenvalue weighted by atomic mass is 16.5. The minimum Gasteiger partial charge on any atom is -0.464 e. The fourth-order valence-corrected chi connectivity index (χ4v) is 1.26. The van der Waals surface area contributed by atoms with Crippen LogP contribution in [0.5, 0.6) is 0 Å². The van der Waals surface area contributed by atoms with Crippen LogP contribution in [0.1, 0.15) is 29.5 Å². The first-order valence-corrected chi connectivity index (χ1v) is 4.29. The quantitative estimate of drug-likeness (QED) is 0.659. The Morgan fingerprint density at radius 2 is 2.38 bits per heavy atom. The van der Waals surface area contributed by atoms with Crippen LogP contribution in [0.2, 0.25) is 0 Å². The lowest BCUT2D eigenvalue weighted by Gasteiger charge is -2.02. The standard InChI is InChI=1S/C9H14N2O2/c1-4-5-7-8(9(12)13-3)11(2)6-10-7/h6H,4-5H2,1-3H3. The molecule has 0 unspecified atom stereocenters. The van der Waals surface area contributed by atoms with Gasteiger partial charge in [0.05, 0.1) is 19.1 Å². The molecule has 0 atom stereocenters. The molecule has 4 nitrogen and oxygen atoms in total. The molecule has 0 aromatic carbocycles. The normalized spacial score (nSPS) is 10.1. The third kappa shape index (κ3) is 1.88. The summed E-state index contributed by atoms with van der Waals surface area (Å²) >= 11 is 0. The third-order valence-corrected chi connectivity index (χ3v) is 1.88. The van der Waals surface area contributed by atoms with Gasteiger partial charge in [0.15, 0.2) is 0 Å². The zero-order chi connectivity index (χ0) is 9.84. The van der Waals surface area contributed by atoms with Crippen LogP contribution in [0.15, 0.2) is 6.33 Å². The molecule has 0 spiro atoms. The zero-order valence-corrected chi connectivity index (χ0v) is 8.20. The van der Waals surface area contributed by atoms with Gasteiger partial charge in [-0.2, -0.15) is 0 Å². The topological polar surface area (TPSA) is 44.1 Å². The fourth-order valence-electron chi connectivity index (χ4n) is 1.26. The van der Waals surface area contributed by atoms with E-state index in [1.807, 2.05) is 0 Å². The van der Waals surface area contributed by atoms with Crippen molar-refractivity contribution >= 4 is 5.97 Å². The Bertz CT molecular complexity index is 305. The minimum atomic E-state index is -0.316. The number of carbonyl (C=O) groups is 1. The number of rotatable bonds is 3. The van der Waals surface area contributed by atoms with Crippen molar-refractivity contribution in [1.29, 1.82) is 0 Å². The molecule has 0 aliphatic carbocycles. The zero-order valence-electron chi connectivity index (χ0n) is 8.20. The fraction of sp³-hybridized carbons (Fsp3) is 0.556. The van der Waals surface area contributed by atoms with Crippen LogP contribution in [0.3, 0.4) is 0 Å². The molecule has 0 amide bonds. The lowest BCUT2D eigenvalue weighted by atomic mass is 10.2. The second kappa shape index (κ2) is 4.07. The summed E-state index contributed by atoms with van der Waals surface area (Å²) in [6.45, 7) is 2.05. The number of carbonyl (C=O) groups excluding carboxylic acids is 1. The van der Waals surface area contributed by atoms with Gasteiger partial charge >= 0.3 is 5.97 Å². The second-order valence-corrected chi connectivity index (χ2v) is 2.89. The van der Waals surface area contributed by atoms with Crippen LogP contribution in [0.25, 0.3) is 0 Å². The minimum absolute atomic E-state index is 0.316. The molecule has 1 rings (SSSR count). The maximum atomic E-state index is 11.3. The monoisotopic (exact) mass is 182 g/mol. The van der Waals surface area contributed by atoms with Gasteiger partial charge in [-0.3, -0.25) is 0 Å². The van der Waals surface area contributed by atoms with Gasteiger partial charge in [-0.05, 0) is 6.42 Å². The summed E-state index contributed by atoms with van der Waals surface area (Å²) < 4.78 is 6.35. The molecule has 0 radical (unpaired) electrons. The lowest BCUT2D eigenvalue weighted by Crippen LogP contribution is -2.10. The Hall–Kier alpha value is -1.32. The van der Waals surface area contributed by atoms with E-state index < -0.39 is 0 Å². The van der Waals surface area contributed by atoms with Crippen molar-refractivity contribution in [2.45, 2.75) is 19.8 Å². The average molecular weight is 182 g/mol. The van der Waals surface area contributed by atoms with Crippen molar-refractivity contribution in [1.82, 2.24) is 9.55 Å². The van der Waals surface area contributed by atoms with Crippen LogP contribution in [0.4, 0.5) is 0 Å². The second-order valence-electron chi connectivity index (χ2n) is 2.89. The van der Waals surface area contributed by atoms with E-state index >= 15 is 0 Å². The number of esters is 1. The van der Waals surface area contributed by atoms with E-state index in [1.54, 1.807) is 17.9 Å². The molecule has 4 heteroatoms. The predicted octanol–water partition coefficient (Wildman–Crippen LogP) is 1.16. The Labute approximate surface area is 77.5 Å². The number of nitrogens with zero attached hydrogens (tertiary/aromatic N) is 2. The summed E-state index contributed by atoms with van der Waals surface area (Å²) in [5.41, 5.74) is 1.38. The number of ether oxygens (including phenoxy) is 1. The van der Waals surface area contributed by atoms with Gasteiger partial charge < -0.3 is 9.30 Å². The molecule has 0 saturated heterocycles. The van der Waals surface area contributed by atoms with Crippen molar-refractivity contribution in [2.75, 3.05) is 7.11 Å². The van der Waals surface area contributed by atoms with E-state index in [0.29, 0.717) is 5.69 Å². The number of imidazole rings is 1. The van der Waals surface area contributed by atoms with Gasteiger partial charge in [-0.25, -0.2) is 9.78 Å². The lowest BCUT2D eigenvalue weighted by molar-refractivity contribution is 0.0588. The molecular weight excluding hydrogens is 168 g/mol. The highest BCUT2D eigenvalue weighted by molar-refractivity contribution is 5.88. The van der Waals surface area contributed by atoms with Gasteiger partial charge in [0, 0.05) is 7.05 Å². The number of hydrogen-bond acceptors (Lipinski definition) is 3. The highest BCUT2D eigenvalue weighted by Crippen LogP contribution is 2.09. The Balaban J connectivity index is 3.01. The largest absolute Gasteiger partial charge is 0.464 e. The van der Waals surface area contributed by atoms with Gasteiger partial charge in [0.25, 0.3) is 0 Å². The Kier molecular flexibility index (Phi) is 3.06. The molecule has 0 fully saturated rings. The SMILES string of the molecule is CCCc1ncn(C)c1C(=O)OC. The Morgan fingerprint density at radius 1 is 1.69 bits per heavy atom. The molecule has 72 valence electrons. The molecule has 13 heavy (non-hydrogen) atoms. The van der Waals surface area contributed by atoms with E-state index in [9.17, 15) is 4.79 Å². The summed E-state index contributed by atoms with van der Waals surface area (Å²) in [4.78, 5) is 15.4. The molecule has 0 aliphatic rings. The van der Waals surface area contributed by atoms with Crippen molar-refractivity contribution in [3.63, 3.8) is 0 Å². The first-order valence-electron chi connectivity index (χ1n) is 4.29. The van der Waals surface area contributed by atoms with E-state index in [4.69, 9.17) is 0 Å². The molecule has 1 heterocycles.